The zero-order chi connectivity index (χ0) is 15.4. The van der Waals surface area contributed by atoms with Crippen LogP contribution in [0, 0.1) is 13.8 Å². The summed E-state index contributed by atoms with van der Waals surface area (Å²) in [5.41, 5.74) is 2.99. The standard InChI is InChI=1S/C17H23NO3/c1-4-21-16(19)9-10-18(15-7-8-15)17(20)14-6-5-12(2)13(3)11-14/h5-6,11,15H,4,7-10H2,1-3H3. The van der Waals surface area contributed by atoms with Crippen LogP contribution in [0.25, 0.3) is 0 Å². The molecular weight excluding hydrogens is 266 g/mol. The monoisotopic (exact) mass is 289 g/mol. The molecule has 0 heterocycles. The van der Waals surface area contributed by atoms with Gasteiger partial charge in [0.2, 0.25) is 0 Å². The molecule has 21 heavy (non-hydrogen) atoms. The Morgan fingerprint density at radius 1 is 1.24 bits per heavy atom. The lowest BCUT2D eigenvalue weighted by atomic mass is 10.1. The van der Waals surface area contributed by atoms with Gasteiger partial charge >= 0.3 is 5.97 Å². The Balaban J connectivity index is 2.05. The van der Waals surface area contributed by atoms with Crippen LogP contribution in [0.1, 0.15) is 47.7 Å². The summed E-state index contributed by atoms with van der Waals surface area (Å²) >= 11 is 0. The Hall–Kier alpha value is -1.84. The molecule has 4 nitrogen and oxygen atoms in total. The van der Waals surface area contributed by atoms with Crippen LogP contribution in [0.2, 0.25) is 0 Å². The number of ether oxygens (including phenoxy) is 1. The number of amides is 1. The molecule has 114 valence electrons. The van der Waals surface area contributed by atoms with Crippen molar-refractivity contribution < 1.29 is 14.3 Å². The minimum absolute atomic E-state index is 0.0184. The number of rotatable bonds is 6. The Kier molecular flexibility index (Phi) is 4.99. The molecule has 0 radical (unpaired) electrons. The summed E-state index contributed by atoms with van der Waals surface area (Å²) in [5, 5.41) is 0. The Bertz CT molecular complexity index is 535. The van der Waals surface area contributed by atoms with Gasteiger partial charge in [-0.05, 0) is 56.9 Å². The Labute approximate surface area is 126 Å². The number of hydrogen-bond donors (Lipinski definition) is 0. The van der Waals surface area contributed by atoms with E-state index in [0.717, 1.165) is 18.4 Å². The first-order chi connectivity index (χ1) is 10.0. The quantitative estimate of drug-likeness (QED) is 0.757. The predicted octanol–water partition coefficient (Wildman–Crippen LogP) is 2.86. The van der Waals surface area contributed by atoms with E-state index in [1.165, 1.54) is 5.56 Å². The van der Waals surface area contributed by atoms with E-state index < -0.39 is 0 Å². The van der Waals surface area contributed by atoms with Gasteiger partial charge in [-0.3, -0.25) is 9.59 Å². The zero-order valence-electron chi connectivity index (χ0n) is 13.0. The lowest BCUT2D eigenvalue weighted by Crippen LogP contribution is -2.35. The predicted molar refractivity (Wildman–Crippen MR) is 81.2 cm³/mol. The highest BCUT2D eigenvalue weighted by Gasteiger charge is 2.33. The molecule has 0 unspecified atom stereocenters. The number of benzene rings is 1. The van der Waals surface area contributed by atoms with Crippen LogP contribution in [-0.4, -0.2) is 36.0 Å². The van der Waals surface area contributed by atoms with Crippen molar-refractivity contribution in [2.45, 2.75) is 46.1 Å². The topological polar surface area (TPSA) is 46.6 Å². The summed E-state index contributed by atoms with van der Waals surface area (Å²) in [7, 11) is 0. The van der Waals surface area contributed by atoms with Gasteiger partial charge in [-0.1, -0.05) is 6.07 Å². The maximum atomic E-state index is 12.6. The molecule has 1 saturated carbocycles. The molecular formula is C17H23NO3. The number of carbonyl (C=O) groups is 2. The van der Waals surface area contributed by atoms with Gasteiger partial charge in [0, 0.05) is 18.2 Å². The van der Waals surface area contributed by atoms with Crippen LogP contribution in [0.4, 0.5) is 0 Å². The molecule has 2 rings (SSSR count). The SMILES string of the molecule is CCOC(=O)CCN(C(=O)c1ccc(C)c(C)c1)C1CC1. The first-order valence-corrected chi connectivity index (χ1v) is 7.56. The molecule has 1 aromatic carbocycles. The largest absolute Gasteiger partial charge is 0.466 e. The smallest absolute Gasteiger partial charge is 0.307 e. The van der Waals surface area contributed by atoms with Gasteiger partial charge < -0.3 is 9.64 Å². The maximum Gasteiger partial charge on any atom is 0.307 e. The highest BCUT2D eigenvalue weighted by atomic mass is 16.5. The van der Waals surface area contributed by atoms with Crippen LogP contribution in [0.5, 0.6) is 0 Å². The van der Waals surface area contributed by atoms with Crippen LogP contribution in [0.15, 0.2) is 18.2 Å². The van der Waals surface area contributed by atoms with Gasteiger partial charge in [0.1, 0.15) is 0 Å². The maximum absolute atomic E-state index is 12.6. The third-order valence-electron chi connectivity index (χ3n) is 3.86. The van der Waals surface area contributed by atoms with Gasteiger partial charge in [-0.2, -0.15) is 0 Å². The first-order valence-electron chi connectivity index (χ1n) is 7.56. The fraction of sp³-hybridized carbons (Fsp3) is 0.529. The van der Waals surface area contributed by atoms with E-state index in [-0.39, 0.29) is 24.3 Å². The average molecular weight is 289 g/mol. The van der Waals surface area contributed by atoms with Crippen molar-refractivity contribution in [2.75, 3.05) is 13.2 Å². The second kappa shape index (κ2) is 6.74. The molecule has 0 aliphatic heterocycles. The van der Waals surface area contributed by atoms with E-state index in [2.05, 4.69) is 0 Å². The van der Waals surface area contributed by atoms with Crippen LogP contribution < -0.4 is 0 Å². The number of nitrogens with zero attached hydrogens (tertiary/aromatic N) is 1. The number of hydrogen-bond acceptors (Lipinski definition) is 3. The number of carbonyl (C=O) groups excluding carboxylic acids is 2. The summed E-state index contributed by atoms with van der Waals surface area (Å²) in [6.45, 7) is 6.65. The van der Waals surface area contributed by atoms with Crippen molar-refractivity contribution in [3.63, 3.8) is 0 Å². The first kappa shape index (κ1) is 15.5. The molecule has 0 aromatic heterocycles. The third-order valence-corrected chi connectivity index (χ3v) is 3.86. The lowest BCUT2D eigenvalue weighted by Gasteiger charge is -2.22. The van der Waals surface area contributed by atoms with Crippen molar-refractivity contribution in [1.82, 2.24) is 4.90 Å². The van der Waals surface area contributed by atoms with Gasteiger partial charge in [-0.25, -0.2) is 0 Å². The third kappa shape index (κ3) is 4.06. The van der Waals surface area contributed by atoms with Crippen LogP contribution in [-0.2, 0) is 9.53 Å². The molecule has 0 spiro atoms. The molecule has 1 aliphatic carbocycles. The van der Waals surface area contributed by atoms with Crippen molar-refractivity contribution in [3.8, 4) is 0 Å². The average Bonchev–Trinajstić information content (AvgIpc) is 3.27. The van der Waals surface area contributed by atoms with Crippen LogP contribution >= 0.6 is 0 Å². The van der Waals surface area contributed by atoms with E-state index in [1.807, 2.05) is 36.9 Å². The summed E-state index contributed by atoms with van der Waals surface area (Å²) in [5.74, 6) is -0.221. The van der Waals surface area contributed by atoms with E-state index in [0.29, 0.717) is 18.7 Å². The molecule has 1 aromatic rings. The van der Waals surface area contributed by atoms with Crippen LogP contribution in [0.3, 0.4) is 0 Å². The summed E-state index contributed by atoms with van der Waals surface area (Å²) in [6.07, 6.45) is 2.32. The van der Waals surface area contributed by atoms with Gasteiger partial charge in [0.25, 0.3) is 5.91 Å². The minimum Gasteiger partial charge on any atom is -0.466 e. The molecule has 0 N–H and O–H groups in total. The summed E-state index contributed by atoms with van der Waals surface area (Å²) in [4.78, 5) is 25.9. The molecule has 0 saturated heterocycles. The van der Waals surface area contributed by atoms with Crippen molar-refractivity contribution in [3.05, 3.63) is 34.9 Å². The van der Waals surface area contributed by atoms with E-state index in [9.17, 15) is 9.59 Å². The Morgan fingerprint density at radius 2 is 1.95 bits per heavy atom. The number of esters is 1. The normalized spacial score (nSPS) is 13.9. The molecule has 4 heteroatoms. The van der Waals surface area contributed by atoms with Crippen molar-refractivity contribution in [2.24, 2.45) is 0 Å². The molecule has 0 atom stereocenters. The van der Waals surface area contributed by atoms with Crippen molar-refractivity contribution >= 4 is 11.9 Å². The summed E-state index contributed by atoms with van der Waals surface area (Å²) < 4.78 is 4.94. The Morgan fingerprint density at radius 3 is 2.52 bits per heavy atom. The van der Waals surface area contributed by atoms with Gasteiger partial charge in [-0.15, -0.1) is 0 Å². The molecule has 1 amide bonds. The van der Waals surface area contributed by atoms with E-state index in [4.69, 9.17) is 4.74 Å². The van der Waals surface area contributed by atoms with Gasteiger partial charge in [0.05, 0.1) is 13.0 Å². The molecule has 1 aliphatic rings. The number of aryl methyl sites for hydroxylation is 2. The van der Waals surface area contributed by atoms with Crippen molar-refractivity contribution in [1.29, 1.82) is 0 Å². The van der Waals surface area contributed by atoms with Gasteiger partial charge in [0.15, 0.2) is 0 Å². The fourth-order valence-corrected chi connectivity index (χ4v) is 2.32. The van der Waals surface area contributed by atoms with E-state index in [1.54, 1.807) is 6.92 Å². The molecule has 0 bridgehead atoms. The molecule has 1 fully saturated rings. The van der Waals surface area contributed by atoms with E-state index >= 15 is 0 Å². The second-order valence-electron chi connectivity index (χ2n) is 5.58. The highest BCUT2D eigenvalue weighted by molar-refractivity contribution is 5.95. The minimum atomic E-state index is -0.240. The fourth-order valence-electron chi connectivity index (χ4n) is 2.32. The zero-order valence-corrected chi connectivity index (χ0v) is 13.0. The highest BCUT2D eigenvalue weighted by Crippen LogP contribution is 2.28. The summed E-state index contributed by atoms with van der Waals surface area (Å²) in [6, 6.07) is 6.05. The second-order valence-corrected chi connectivity index (χ2v) is 5.58. The lowest BCUT2D eigenvalue weighted by molar-refractivity contribution is -0.143.